The number of fused-ring (bicyclic) bond motifs is 1. The van der Waals surface area contributed by atoms with Crippen LogP contribution in [-0.2, 0) is 11.2 Å². The first-order chi connectivity index (χ1) is 13.2. The number of aromatic nitrogens is 2. The molecule has 0 radical (unpaired) electrons. The fourth-order valence-electron chi connectivity index (χ4n) is 3.61. The molecule has 0 atom stereocenters. The molecule has 0 spiro atoms. The molecule has 1 amide bonds. The van der Waals surface area contributed by atoms with Crippen molar-refractivity contribution in [2.45, 2.75) is 38.1 Å². The molecular weight excluding hydrogens is 362 g/mol. The van der Waals surface area contributed by atoms with Gasteiger partial charge < -0.3 is 14.8 Å². The van der Waals surface area contributed by atoms with E-state index in [1.54, 1.807) is 14.2 Å². The van der Waals surface area contributed by atoms with Gasteiger partial charge in [-0.2, -0.15) is 0 Å². The van der Waals surface area contributed by atoms with Gasteiger partial charge >= 0.3 is 0 Å². The van der Waals surface area contributed by atoms with Crippen LogP contribution in [0.2, 0.25) is 0 Å². The number of carbonyl (C=O) groups excluding carboxylic acids is 1. The van der Waals surface area contributed by atoms with Gasteiger partial charge in [0.15, 0.2) is 4.96 Å². The highest BCUT2D eigenvalue weighted by atomic mass is 32.1. The van der Waals surface area contributed by atoms with E-state index in [-0.39, 0.29) is 5.91 Å². The van der Waals surface area contributed by atoms with E-state index in [1.807, 2.05) is 34.2 Å². The molecule has 1 N–H and O–H groups in total. The van der Waals surface area contributed by atoms with Crippen LogP contribution < -0.4 is 14.8 Å². The van der Waals surface area contributed by atoms with Gasteiger partial charge in [-0.3, -0.25) is 9.20 Å². The van der Waals surface area contributed by atoms with E-state index in [2.05, 4.69) is 5.32 Å². The number of hydrogen-bond donors (Lipinski definition) is 1. The zero-order chi connectivity index (χ0) is 18.8. The molecule has 2 aromatic heterocycles. The first-order valence-electron chi connectivity index (χ1n) is 9.15. The number of thiazole rings is 1. The average molecular weight is 385 g/mol. The first-order valence-corrected chi connectivity index (χ1v) is 10.0. The Balaban J connectivity index is 1.59. The molecule has 2 heterocycles. The highest BCUT2D eigenvalue weighted by molar-refractivity contribution is 7.15. The molecule has 1 fully saturated rings. The van der Waals surface area contributed by atoms with Crippen molar-refractivity contribution >= 4 is 22.2 Å². The van der Waals surface area contributed by atoms with E-state index in [0.29, 0.717) is 12.5 Å². The van der Waals surface area contributed by atoms with Gasteiger partial charge in [0.25, 0.3) is 0 Å². The quantitative estimate of drug-likeness (QED) is 0.703. The first kappa shape index (κ1) is 17.9. The van der Waals surface area contributed by atoms with Gasteiger partial charge in [0.2, 0.25) is 5.91 Å². The molecule has 1 aliphatic carbocycles. The lowest BCUT2D eigenvalue weighted by Gasteiger charge is -2.11. The van der Waals surface area contributed by atoms with Crippen molar-refractivity contribution in [1.82, 2.24) is 14.7 Å². The minimum absolute atomic E-state index is 0.0795. The van der Waals surface area contributed by atoms with Crippen LogP contribution in [0.4, 0.5) is 0 Å². The number of nitrogens with one attached hydrogen (secondary N) is 1. The average Bonchev–Trinajstić information content (AvgIpc) is 3.40. The number of ether oxygens (including phenoxy) is 2. The SMILES string of the molecule is COc1ccc(OC)c(-c2cn3c(CC(=O)NC4CCCC4)csc3n2)c1. The molecule has 1 saturated carbocycles. The van der Waals surface area contributed by atoms with Gasteiger partial charge in [-0.25, -0.2) is 4.98 Å². The van der Waals surface area contributed by atoms with Crippen molar-refractivity contribution in [2.24, 2.45) is 0 Å². The molecule has 3 aromatic rings. The van der Waals surface area contributed by atoms with Gasteiger partial charge in [0, 0.05) is 28.9 Å². The summed E-state index contributed by atoms with van der Waals surface area (Å²) in [4.78, 5) is 18.0. The van der Waals surface area contributed by atoms with Crippen molar-refractivity contribution in [1.29, 1.82) is 0 Å². The van der Waals surface area contributed by atoms with E-state index in [1.165, 1.54) is 24.2 Å². The van der Waals surface area contributed by atoms with Gasteiger partial charge in [-0.1, -0.05) is 12.8 Å². The van der Waals surface area contributed by atoms with Gasteiger partial charge in [0.05, 0.1) is 26.3 Å². The summed E-state index contributed by atoms with van der Waals surface area (Å²) in [6, 6.07) is 5.99. The zero-order valence-electron chi connectivity index (χ0n) is 15.5. The summed E-state index contributed by atoms with van der Waals surface area (Å²) >= 11 is 1.54. The molecule has 4 rings (SSSR count). The third-order valence-corrected chi connectivity index (χ3v) is 5.92. The van der Waals surface area contributed by atoms with Crippen LogP contribution in [0.3, 0.4) is 0 Å². The Morgan fingerprint density at radius 2 is 2.11 bits per heavy atom. The molecule has 27 heavy (non-hydrogen) atoms. The van der Waals surface area contributed by atoms with Crippen LogP contribution in [0.15, 0.2) is 29.8 Å². The number of amides is 1. The van der Waals surface area contributed by atoms with E-state index in [9.17, 15) is 4.79 Å². The van der Waals surface area contributed by atoms with Crippen LogP contribution in [-0.4, -0.2) is 35.6 Å². The fraction of sp³-hybridized carbons (Fsp3) is 0.400. The Hall–Kier alpha value is -2.54. The third kappa shape index (κ3) is 3.64. The molecule has 1 aromatic carbocycles. The maximum atomic E-state index is 12.4. The topological polar surface area (TPSA) is 64.9 Å². The summed E-state index contributed by atoms with van der Waals surface area (Å²) < 4.78 is 12.8. The number of methoxy groups -OCH3 is 2. The second-order valence-corrected chi connectivity index (χ2v) is 7.63. The van der Waals surface area contributed by atoms with Crippen LogP contribution in [0.1, 0.15) is 31.4 Å². The van der Waals surface area contributed by atoms with E-state index in [0.717, 1.165) is 46.3 Å². The number of benzene rings is 1. The zero-order valence-corrected chi connectivity index (χ0v) is 16.3. The summed E-state index contributed by atoms with van der Waals surface area (Å²) in [6.07, 6.45) is 6.93. The molecule has 6 nitrogen and oxygen atoms in total. The standard InChI is InChI=1S/C20H23N3O3S/c1-25-15-7-8-18(26-2)16(10-15)17-11-23-14(12-27-20(23)22-17)9-19(24)21-13-5-3-4-6-13/h7-8,10-13H,3-6,9H2,1-2H3,(H,21,24). The number of imidazole rings is 1. The van der Waals surface area contributed by atoms with Gasteiger partial charge in [-0.05, 0) is 31.0 Å². The number of hydrogen-bond acceptors (Lipinski definition) is 5. The third-order valence-electron chi connectivity index (χ3n) is 5.03. The number of rotatable bonds is 6. The van der Waals surface area contributed by atoms with Crippen LogP contribution in [0, 0.1) is 0 Å². The lowest BCUT2D eigenvalue weighted by atomic mass is 10.1. The minimum atomic E-state index is 0.0795. The maximum absolute atomic E-state index is 12.4. The lowest BCUT2D eigenvalue weighted by molar-refractivity contribution is -0.121. The van der Waals surface area contributed by atoms with E-state index in [4.69, 9.17) is 14.5 Å². The van der Waals surface area contributed by atoms with E-state index >= 15 is 0 Å². The fourth-order valence-corrected chi connectivity index (χ4v) is 4.49. The Morgan fingerprint density at radius 3 is 2.85 bits per heavy atom. The molecule has 0 saturated heterocycles. The highest BCUT2D eigenvalue weighted by Gasteiger charge is 2.19. The number of carbonyl (C=O) groups is 1. The molecule has 0 unspecified atom stereocenters. The molecule has 0 bridgehead atoms. The van der Waals surface area contributed by atoms with E-state index < -0.39 is 0 Å². The largest absolute Gasteiger partial charge is 0.497 e. The number of nitrogens with zero attached hydrogens (tertiary/aromatic N) is 2. The van der Waals surface area contributed by atoms with Crippen molar-refractivity contribution in [3.05, 3.63) is 35.5 Å². The van der Waals surface area contributed by atoms with Crippen LogP contribution in [0.5, 0.6) is 11.5 Å². The summed E-state index contributed by atoms with van der Waals surface area (Å²) in [5.74, 6) is 1.57. The minimum Gasteiger partial charge on any atom is -0.497 e. The van der Waals surface area contributed by atoms with Crippen molar-refractivity contribution in [3.63, 3.8) is 0 Å². The van der Waals surface area contributed by atoms with Crippen LogP contribution in [0.25, 0.3) is 16.2 Å². The Labute approximate surface area is 162 Å². The smallest absolute Gasteiger partial charge is 0.226 e. The Kier molecular flexibility index (Phi) is 5.03. The normalized spacial score (nSPS) is 14.6. The Bertz CT molecular complexity index is 957. The molecule has 0 aliphatic heterocycles. The molecule has 142 valence electrons. The van der Waals surface area contributed by atoms with Crippen molar-refractivity contribution in [3.8, 4) is 22.8 Å². The highest BCUT2D eigenvalue weighted by Crippen LogP contribution is 2.34. The second kappa shape index (κ2) is 7.60. The van der Waals surface area contributed by atoms with Gasteiger partial charge in [-0.15, -0.1) is 11.3 Å². The second-order valence-electron chi connectivity index (χ2n) is 6.80. The molecular formula is C20H23N3O3S. The van der Waals surface area contributed by atoms with Crippen molar-refractivity contribution < 1.29 is 14.3 Å². The predicted octanol–water partition coefficient (Wildman–Crippen LogP) is 3.68. The summed E-state index contributed by atoms with van der Waals surface area (Å²) in [7, 11) is 3.28. The summed E-state index contributed by atoms with van der Waals surface area (Å²) in [5, 5.41) is 5.15. The van der Waals surface area contributed by atoms with Gasteiger partial charge in [0.1, 0.15) is 11.5 Å². The summed E-state index contributed by atoms with van der Waals surface area (Å²) in [6.45, 7) is 0. The maximum Gasteiger partial charge on any atom is 0.226 e. The van der Waals surface area contributed by atoms with Crippen LogP contribution >= 0.6 is 11.3 Å². The molecule has 7 heteroatoms. The predicted molar refractivity (Wildman–Crippen MR) is 106 cm³/mol. The molecule has 1 aliphatic rings. The summed E-state index contributed by atoms with van der Waals surface area (Å²) in [5.41, 5.74) is 2.62. The van der Waals surface area contributed by atoms with Crippen molar-refractivity contribution in [2.75, 3.05) is 14.2 Å². The monoisotopic (exact) mass is 385 g/mol. The Morgan fingerprint density at radius 1 is 1.30 bits per heavy atom. The lowest BCUT2D eigenvalue weighted by Crippen LogP contribution is -2.33.